The zero-order chi connectivity index (χ0) is 8.69. The summed E-state index contributed by atoms with van der Waals surface area (Å²) in [6.07, 6.45) is 0.423. The van der Waals surface area contributed by atoms with Crippen molar-refractivity contribution in [2.45, 2.75) is 6.29 Å². The molecule has 0 saturated carbocycles. The zero-order valence-corrected chi connectivity index (χ0v) is 6.70. The Balaban J connectivity index is 3.67. The highest BCUT2D eigenvalue weighted by atomic mass is 16.7. The first-order valence-corrected chi connectivity index (χ1v) is 3.09. The van der Waals surface area contributed by atoms with Gasteiger partial charge in [0, 0.05) is 20.3 Å². The molecule has 0 rings (SSSR count). The molecule has 64 valence electrons. The van der Waals surface area contributed by atoms with Gasteiger partial charge in [-0.2, -0.15) is 0 Å². The van der Waals surface area contributed by atoms with Crippen LogP contribution in [0.4, 0.5) is 0 Å². The molecule has 0 spiro atoms. The third-order valence-electron chi connectivity index (χ3n) is 0.980. The second kappa shape index (κ2) is 5.88. The van der Waals surface area contributed by atoms with E-state index in [1.165, 1.54) is 14.2 Å². The Morgan fingerprint density at radius 3 is 2.64 bits per heavy atom. The largest absolute Gasteiger partial charge is 0.430 e. The van der Waals surface area contributed by atoms with Crippen LogP contribution < -0.4 is 0 Å². The van der Waals surface area contributed by atoms with Crippen LogP contribution in [0, 0.1) is 0 Å². The molecule has 4 heteroatoms. The quantitative estimate of drug-likeness (QED) is 0.330. The molecule has 0 aliphatic rings. The molecule has 0 bridgehead atoms. The van der Waals surface area contributed by atoms with E-state index in [2.05, 4.69) is 11.3 Å². The van der Waals surface area contributed by atoms with Gasteiger partial charge in [-0.3, -0.25) is 0 Å². The van der Waals surface area contributed by atoms with E-state index < -0.39 is 12.3 Å². The maximum atomic E-state index is 10.6. The van der Waals surface area contributed by atoms with Gasteiger partial charge >= 0.3 is 5.97 Å². The van der Waals surface area contributed by atoms with Crippen molar-refractivity contribution in [1.29, 1.82) is 0 Å². The molecular weight excluding hydrogens is 148 g/mol. The monoisotopic (exact) mass is 160 g/mol. The third-order valence-corrected chi connectivity index (χ3v) is 0.980. The van der Waals surface area contributed by atoms with Gasteiger partial charge in [-0.05, 0) is 0 Å². The summed E-state index contributed by atoms with van der Waals surface area (Å²) in [6.45, 7) is 3.46. The Bertz CT molecular complexity index is 132. The Hall–Kier alpha value is -0.870. The van der Waals surface area contributed by atoms with Crippen LogP contribution in [0.25, 0.3) is 0 Å². The first-order valence-electron chi connectivity index (χ1n) is 3.09. The highest BCUT2D eigenvalue weighted by Gasteiger charge is 2.09. The van der Waals surface area contributed by atoms with Gasteiger partial charge in [-0.15, -0.1) is 0 Å². The van der Waals surface area contributed by atoms with E-state index in [1.54, 1.807) is 0 Å². The molecule has 11 heavy (non-hydrogen) atoms. The van der Waals surface area contributed by atoms with Crippen LogP contribution in [0.5, 0.6) is 0 Å². The molecule has 0 saturated heterocycles. The zero-order valence-electron chi connectivity index (χ0n) is 6.70. The lowest BCUT2D eigenvalue weighted by atomic mass is 10.6. The van der Waals surface area contributed by atoms with E-state index in [0.717, 1.165) is 6.08 Å². The fourth-order valence-corrected chi connectivity index (χ4v) is 0.464. The normalized spacial score (nSPS) is 12.2. The van der Waals surface area contributed by atoms with Crippen LogP contribution in [0.3, 0.4) is 0 Å². The number of ether oxygens (including phenoxy) is 3. The number of esters is 1. The highest BCUT2D eigenvalue weighted by molar-refractivity contribution is 5.81. The topological polar surface area (TPSA) is 44.8 Å². The predicted octanol–water partition coefficient (Wildman–Crippen LogP) is 0.335. The maximum absolute atomic E-state index is 10.6. The molecule has 0 aromatic heterocycles. The van der Waals surface area contributed by atoms with Crippen LogP contribution >= 0.6 is 0 Å². The van der Waals surface area contributed by atoms with Gasteiger partial charge in [0.05, 0.1) is 0 Å². The fourth-order valence-electron chi connectivity index (χ4n) is 0.464. The Labute approximate surface area is 65.7 Å². The maximum Gasteiger partial charge on any atom is 0.332 e. The van der Waals surface area contributed by atoms with Gasteiger partial charge in [-0.25, -0.2) is 4.79 Å². The summed E-state index contributed by atoms with van der Waals surface area (Å²) in [4.78, 5) is 10.6. The number of rotatable bonds is 5. The van der Waals surface area contributed by atoms with Crippen molar-refractivity contribution in [3.63, 3.8) is 0 Å². The lowest BCUT2D eigenvalue weighted by Crippen LogP contribution is -2.23. The summed E-state index contributed by atoms with van der Waals surface area (Å²) in [5.41, 5.74) is 0. The number of hydrogen-bond acceptors (Lipinski definition) is 4. The van der Waals surface area contributed by atoms with Gasteiger partial charge in [0.15, 0.2) is 0 Å². The summed E-state index contributed by atoms with van der Waals surface area (Å²) in [7, 11) is 2.92. The molecule has 0 aromatic rings. The average Bonchev–Trinajstić information content (AvgIpc) is 2.03. The first-order chi connectivity index (χ1) is 5.24. The summed E-state index contributed by atoms with van der Waals surface area (Å²) >= 11 is 0. The number of carbonyl (C=O) groups excluding carboxylic acids is 1. The van der Waals surface area contributed by atoms with E-state index in [-0.39, 0.29) is 6.61 Å². The lowest BCUT2D eigenvalue weighted by Gasteiger charge is -2.13. The SMILES string of the molecule is C=CC(=O)OC(COC)OC. The lowest BCUT2D eigenvalue weighted by molar-refractivity contribution is -0.176. The Morgan fingerprint density at radius 2 is 2.27 bits per heavy atom. The molecule has 0 heterocycles. The second-order valence-corrected chi connectivity index (χ2v) is 1.76. The number of hydrogen-bond donors (Lipinski definition) is 0. The summed E-state index contributed by atoms with van der Waals surface area (Å²) < 4.78 is 14.1. The van der Waals surface area contributed by atoms with E-state index in [1.807, 2.05) is 0 Å². The van der Waals surface area contributed by atoms with Gasteiger partial charge in [0.2, 0.25) is 6.29 Å². The standard InChI is InChI=1S/C7H12O4/c1-4-6(8)11-7(10-3)5-9-2/h4,7H,1,5H2,2-3H3. The van der Waals surface area contributed by atoms with Crippen molar-refractivity contribution in [3.05, 3.63) is 12.7 Å². The summed E-state index contributed by atoms with van der Waals surface area (Å²) in [5.74, 6) is -0.520. The van der Waals surface area contributed by atoms with E-state index in [4.69, 9.17) is 9.47 Å². The Morgan fingerprint density at radius 1 is 1.64 bits per heavy atom. The van der Waals surface area contributed by atoms with Gasteiger partial charge in [-0.1, -0.05) is 6.58 Å². The molecule has 1 atom stereocenters. The van der Waals surface area contributed by atoms with Crippen LogP contribution in [-0.2, 0) is 19.0 Å². The van der Waals surface area contributed by atoms with E-state index >= 15 is 0 Å². The number of carbonyl (C=O) groups is 1. The minimum absolute atomic E-state index is 0.218. The molecule has 4 nitrogen and oxygen atoms in total. The predicted molar refractivity (Wildman–Crippen MR) is 39.0 cm³/mol. The smallest absolute Gasteiger partial charge is 0.332 e. The highest BCUT2D eigenvalue weighted by Crippen LogP contribution is 1.94. The molecule has 0 aliphatic carbocycles. The van der Waals surface area contributed by atoms with Crippen molar-refractivity contribution < 1.29 is 19.0 Å². The van der Waals surface area contributed by atoms with Crippen LogP contribution in [0.2, 0.25) is 0 Å². The molecule has 1 unspecified atom stereocenters. The number of methoxy groups -OCH3 is 2. The van der Waals surface area contributed by atoms with Gasteiger partial charge < -0.3 is 14.2 Å². The van der Waals surface area contributed by atoms with Crippen LogP contribution in [-0.4, -0.2) is 33.1 Å². The van der Waals surface area contributed by atoms with Crippen molar-refractivity contribution in [2.75, 3.05) is 20.8 Å². The second-order valence-electron chi connectivity index (χ2n) is 1.76. The van der Waals surface area contributed by atoms with E-state index in [9.17, 15) is 4.79 Å². The van der Waals surface area contributed by atoms with E-state index in [0.29, 0.717) is 0 Å². The molecule has 0 fully saturated rings. The molecule has 0 N–H and O–H groups in total. The van der Waals surface area contributed by atoms with Gasteiger partial charge in [0.25, 0.3) is 0 Å². The van der Waals surface area contributed by atoms with Crippen molar-refractivity contribution in [3.8, 4) is 0 Å². The summed E-state index contributed by atoms with van der Waals surface area (Å²) in [6, 6.07) is 0. The van der Waals surface area contributed by atoms with Crippen molar-refractivity contribution in [1.82, 2.24) is 0 Å². The third kappa shape index (κ3) is 4.52. The minimum Gasteiger partial charge on any atom is -0.430 e. The molecule has 0 aromatic carbocycles. The van der Waals surface area contributed by atoms with Crippen molar-refractivity contribution >= 4 is 5.97 Å². The molecule has 0 amide bonds. The fraction of sp³-hybridized carbons (Fsp3) is 0.571. The average molecular weight is 160 g/mol. The van der Waals surface area contributed by atoms with Crippen LogP contribution in [0.15, 0.2) is 12.7 Å². The van der Waals surface area contributed by atoms with Crippen LogP contribution in [0.1, 0.15) is 0 Å². The molecular formula is C7H12O4. The summed E-state index contributed by atoms with van der Waals surface area (Å²) in [5, 5.41) is 0. The first kappa shape index (κ1) is 10.1. The van der Waals surface area contributed by atoms with Gasteiger partial charge in [0.1, 0.15) is 6.61 Å². The molecule has 0 aliphatic heterocycles. The molecule has 0 radical (unpaired) electrons. The minimum atomic E-state index is -0.648. The van der Waals surface area contributed by atoms with Crippen molar-refractivity contribution in [2.24, 2.45) is 0 Å². The Kier molecular flexibility index (Phi) is 5.42.